The van der Waals surface area contributed by atoms with Gasteiger partial charge in [0.15, 0.2) is 0 Å². The lowest BCUT2D eigenvalue weighted by molar-refractivity contribution is 0.689. The summed E-state index contributed by atoms with van der Waals surface area (Å²) >= 11 is 0. The highest BCUT2D eigenvalue weighted by Gasteiger charge is 2.13. The van der Waals surface area contributed by atoms with Gasteiger partial charge in [-0.15, -0.1) is 0 Å². The number of rotatable bonds is 5. The van der Waals surface area contributed by atoms with Gasteiger partial charge in [-0.25, -0.2) is 0 Å². The monoisotopic (exact) mass is 200 g/mol. The fourth-order valence-electron chi connectivity index (χ4n) is 1.62. The van der Waals surface area contributed by atoms with E-state index in [-0.39, 0.29) is 5.92 Å². The molecule has 1 atom stereocenters. The van der Waals surface area contributed by atoms with Crippen LogP contribution in [-0.2, 0) is 6.42 Å². The molecule has 0 aliphatic heterocycles. The van der Waals surface area contributed by atoms with E-state index < -0.39 is 0 Å². The predicted molar refractivity (Wildman–Crippen MR) is 61.9 cm³/mol. The number of nitriles is 1. The highest BCUT2D eigenvalue weighted by molar-refractivity contribution is 5.84. The molecular formula is C13H16N2. The van der Waals surface area contributed by atoms with Gasteiger partial charge in [0.05, 0.1) is 6.07 Å². The van der Waals surface area contributed by atoms with E-state index in [9.17, 15) is 0 Å². The van der Waals surface area contributed by atoms with Gasteiger partial charge in [0.25, 0.3) is 0 Å². The molecular weight excluding hydrogens is 184 g/mol. The van der Waals surface area contributed by atoms with Crippen molar-refractivity contribution in [3.63, 3.8) is 0 Å². The van der Waals surface area contributed by atoms with Crippen LogP contribution in [0.3, 0.4) is 0 Å². The summed E-state index contributed by atoms with van der Waals surface area (Å²) in [6.07, 6.45) is 1.99. The maximum Gasteiger partial charge on any atom is 0.0628 e. The van der Waals surface area contributed by atoms with Gasteiger partial charge in [0, 0.05) is 18.1 Å². The third kappa shape index (κ3) is 3.55. The molecule has 0 spiro atoms. The van der Waals surface area contributed by atoms with Crippen LogP contribution in [0.15, 0.2) is 30.3 Å². The maximum absolute atomic E-state index is 8.71. The molecule has 1 aromatic carbocycles. The molecule has 1 aromatic rings. The SMILES string of the molecule is CCC(=N)C(CC#N)Cc1ccccc1. The number of hydrogen-bond donors (Lipinski definition) is 1. The zero-order valence-electron chi connectivity index (χ0n) is 9.03. The van der Waals surface area contributed by atoms with Gasteiger partial charge < -0.3 is 5.41 Å². The number of benzene rings is 1. The number of nitrogens with one attached hydrogen (secondary N) is 1. The van der Waals surface area contributed by atoms with Crippen LogP contribution < -0.4 is 0 Å². The molecule has 1 N–H and O–H groups in total. The summed E-state index contributed by atoms with van der Waals surface area (Å²) in [5.41, 5.74) is 1.89. The number of nitrogens with zero attached hydrogens (tertiary/aromatic N) is 1. The van der Waals surface area contributed by atoms with Crippen molar-refractivity contribution in [2.24, 2.45) is 5.92 Å². The Kier molecular flexibility index (Phi) is 4.56. The lowest BCUT2D eigenvalue weighted by Gasteiger charge is -2.13. The Morgan fingerprint density at radius 2 is 2.07 bits per heavy atom. The number of hydrogen-bond acceptors (Lipinski definition) is 2. The summed E-state index contributed by atoms with van der Waals surface area (Å²) in [7, 11) is 0. The van der Waals surface area contributed by atoms with Crippen molar-refractivity contribution in [3.8, 4) is 6.07 Å². The molecule has 0 saturated heterocycles. The summed E-state index contributed by atoms with van der Waals surface area (Å²) in [4.78, 5) is 0. The summed E-state index contributed by atoms with van der Waals surface area (Å²) < 4.78 is 0. The minimum absolute atomic E-state index is 0.0856. The fourth-order valence-corrected chi connectivity index (χ4v) is 1.62. The van der Waals surface area contributed by atoms with Crippen molar-refractivity contribution in [2.75, 3.05) is 0 Å². The minimum Gasteiger partial charge on any atom is -0.309 e. The third-order valence-corrected chi connectivity index (χ3v) is 2.54. The highest BCUT2D eigenvalue weighted by atomic mass is 14.4. The average Bonchev–Trinajstić information content (AvgIpc) is 2.29. The van der Waals surface area contributed by atoms with E-state index in [2.05, 4.69) is 6.07 Å². The Hall–Kier alpha value is -1.62. The summed E-state index contributed by atoms with van der Waals surface area (Å²) in [6.45, 7) is 1.97. The summed E-state index contributed by atoms with van der Waals surface area (Å²) in [5, 5.41) is 16.5. The van der Waals surface area contributed by atoms with Crippen molar-refractivity contribution in [2.45, 2.75) is 26.2 Å². The molecule has 1 rings (SSSR count). The molecule has 78 valence electrons. The molecule has 0 aromatic heterocycles. The molecule has 0 aliphatic carbocycles. The average molecular weight is 200 g/mol. The molecule has 0 aliphatic rings. The van der Waals surface area contributed by atoms with Crippen LogP contribution in [0.25, 0.3) is 0 Å². The molecule has 2 nitrogen and oxygen atoms in total. The summed E-state index contributed by atoms with van der Waals surface area (Å²) in [6, 6.07) is 12.2. The molecule has 2 heteroatoms. The first-order valence-electron chi connectivity index (χ1n) is 5.26. The van der Waals surface area contributed by atoms with E-state index in [4.69, 9.17) is 10.7 Å². The first-order chi connectivity index (χ1) is 7.27. The minimum atomic E-state index is 0.0856. The molecule has 0 amide bonds. The van der Waals surface area contributed by atoms with E-state index in [0.717, 1.165) is 12.8 Å². The van der Waals surface area contributed by atoms with E-state index >= 15 is 0 Å². The van der Waals surface area contributed by atoms with Crippen LogP contribution >= 0.6 is 0 Å². The Balaban J connectivity index is 2.68. The molecule has 0 bridgehead atoms. The topological polar surface area (TPSA) is 47.6 Å². The third-order valence-electron chi connectivity index (χ3n) is 2.54. The van der Waals surface area contributed by atoms with Crippen molar-refractivity contribution >= 4 is 5.71 Å². The zero-order valence-corrected chi connectivity index (χ0v) is 9.03. The van der Waals surface area contributed by atoms with Crippen LogP contribution in [0.2, 0.25) is 0 Å². The Bertz CT molecular complexity index is 349. The van der Waals surface area contributed by atoms with Gasteiger partial charge >= 0.3 is 0 Å². The lowest BCUT2D eigenvalue weighted by atomic mass is 9.91. The van der Waals surface area contributed by atoms with E-state index in [0.29, 0.717) is 12.1 Å². The Morgan fingerprint density at radius 1 is 1.40 bits per heavy atom. The molecule has 0 fully saturated rings. The Morgan fingerprint density at radius 3 is 2.60 bits per heavy atom. The second kappa shape index (κ2) is 5.98. The van der Waals surface area contributed by atoms with Gasteiger partial charge in [-0.1, -0.05) is 37.3 Å². The van der Waals surface area contributed by atoms with Gasteiger partial charge in [-0.05, 0) is 18.4 Å². The largest absolute Gasteiger partial charge is 0.309 e. The van der Waals surface area contributed by atoms with Crippen molar-refractivity contribution in [1.29, 1.82) is 10.7 Å². The molecule has 0 radical (unpaired) electrons. The predicted octanol–water partition coefficient (Wildman–Crippen LogP) is 3.19. The van der Waals surface area contributed by atoms with E-state index in [1.54, 1.807) is 0 Å². The molecule has 0 saturated carbocycles. The van der Waals surface area contributed by atoms with Crippen molar-refractivity contribution in [3.05, 3.63) is 35.9 Å². The standard InChI is InChI=1S/C13H16N2/c1-2-13(15)12(8-9-14)10-11-6-4-3-5-7-11/h3-7,12,15H,2,8,10H2,1H3. The highest BCUT2D eigenvalue weighted by Crippen LogP contribution is 2.14. The van der Waals surface area contributed by atoms with Gasteiger partial charge in [-0.2, -0.15) is 5.26 Å². The van der Waals surface area contributed by atoms with Gasteiger partial charge in [0.2, 0.25) is 0 Å². The second-order valence-corrected chi connectivity index (χ2v) is 3.63. The van der Waals surface area contributed by atoms with Crippen LogP contribution in [0, 0.1) is 22.7 Å². The van der Waals surface area contributed by atoms with Crippen LogP contribution in [0.5, 0.6) is 0 Å². The molecule has 1 unspecified atom stereocenters. The van der Waals surface area contributed by atoms with Crippen molar-refractivity contribution < 1.29 is 0 Å². The van der Waals surface area contributed by atoms with Crippen LogP contribution in [-0.4, -0.2) is 5.71 Å². The van der Waals surface area contributed by atoms with Gasteiger partial charge in [0.1, 0.15) is 0 Å². The first-order valence-corrected chi connectivity index (χ1v) is 5.26. The van der Waals surface area contributed by atoms with E-state index in [1.165, 1.54) is 5.56 Å². The first kappa shape index (κ1) is 11.5. The Labute approximate surface area is 91.1 Å². The quantitative estimate of drug-likeness (QED) is 0.729. The van der Waals surface area contributed by atoms with Crippen LogP contribution in [0.4, 0.5) is 0 Å². The van der Waals surface area contributed by atoms with Gasteiger partial charge in [-0.3, -0.25) is 0 Å². The molecule has 15 heavy (non-hydrogen) atoms. The normalized spacial score (nSPS) is 11.7. The lowest BCUT2D eigenvalue weighted by Crippen LogP contribution is -2.15. The van der Waals surface area contributed by atoms with Crippen molar-refractivity contribution in [1.82, 2.24) is 0 Å². The molecule has 0 heterocycles. The fraction of sp³-hybridized carbons (Fsp3) is 0.385. The van der Waals surface area contributed by atoms with E-state index in [1.807, 2.05) is 37.3 Å². The van der Waals surface area contributed by atoms with Crippen LogP contribution in [0.1, 0.15) is 25.3 Å². The second-order valence-electron chi connectivity index (χ2n) is 3.63. The smallest absolute Gasteiger partial charge is 0.0628 e. The zero-order chi connectivity index (χ0) is 11.1. The summed E-state index contributed by atoms with van der Waals surface area (Å²) in [5.74, 6) is 0.0856. The maximum atomic E-state index is 8.71.